The second-order valence-corrected chi connectivity index (χ2v) is 8.74. The molecule has 1 unspecified atom stereocenters. The third-order valence-electron chi connectivity index (χ3n) is 5.60. The number of carbonyl (C=O) groups is 1. The van der Waals surface area contributed by atoms with E-state index in [0.717, 1.165) is 6.42 Å². The Morgan fingerprint density at radius 2 is 1.88 bits per heavy atom. The molecule has 186 valence electrons. The zero-order valence-corrected chi connectivity index (χ0v) is 18.7. The summed E-state index contributed by atoms with van der Waals surface area (Å²) in [4.78, 5) is 11.5. The van der Waals surface area contributed by atoms with Crippen molar-refractivity contribution < 1.29 is 53.6 Å². The fourth-order valence-electron chi connectivity index (χ4n) is 4.16. The molecule has 1 amide bonds. The first-order chi connectivity index (χ1) is 15.1. The van der Waals surface area contributed by atoms with Crippen LogP contribution in [-0.4, -0.2) is 113 Å². The van der Waals surface area contributed by atoms with Crippen molar-refractivity contribution in [2.45, 2.75) is 101 Å². The van der Waals surface area contributed by atoms with Crippen LogP contribution in [0.5, 0.6) is 0 Å². The standard InChI is InChI=1S/C20H35NO11/c1-5-6-27-16-15(30-19-17(16)31-20(3,4)32-19)10(24)8-28-18-12(21-9(2)23)14(26)13(25)11(7-22)29-18/h10-19,22,24-26H,5-8H2,1-4H3,(H,21,23)/t10?,11-,12-,13-,14-,15-,16+,17-,18-,19-/m1/s1. The Morgan fingerprint density at radius 3 is 2.50 bits per heavy atom. The van der Waals surface area contributed by atoms with Gasteiger partial charge in [-0.15, -0.1) is 0 Å². The van der Waals surface area contributed by atoms with E-state index in [9.17, 15) is 25.2 Å². The fraction of sp³-hybridized carbons (Fsp3) is 0.950. The van der Waals surface area contributed by atoms with Gasteiger partial charge in [-0.3, -0.25) is 4.79 Å². The van der Waals surface area contributed by atoms with E-state index in [1.165, 1.54) is 6.92 Å². The second-order valence-electron chi connectivity index (χ2n) is 8.74. The lowest BCUT2D eigenvalue weighted by Crippen LogP contribution is -2.64. The summed E-state index contributed by atoms with van der Waals surface area (Å²) in [5, 5.41) is 43.1. The van der Waals surface area contributed by atoms with E-state index in [1.807, 2.05) is 6.92 Å². The molecule has 5 N–H and O–H groups in total. The van der Waals surface area contributed by atoms with Gasteiger partial charge >= 0.3 is 0 Å². The topological polar surface area (TPSA) is 165 Å². The summed E-state index contributed by atoms with van der Waals surface area (Å²) >= 11 is 0. The van der Waals surface area contributed by atoms with Crippen molar-refractivity contribution in [3.05, 3.63) is 0 Å². The summed E-state index contributed by atoms with van der Waals surface area (Å²) in [7, 11) is 0. The van der Waals surface area contributed by atoms with Crippen LogP contribution in [0.25, 0.3) is 0 Å². The van der Waals surface area contributed by atoms with Gasteiger partial charge in [0.05, 0.1) is 13.2 Å². The number of carbonyl (C=O) groups excluding carboxylic acids is 1. The Bertz CT molecular complexity index is 635. The number of fused-ring (bicyclic) bond motifs is 1. The van der Waals surface area contributed by atoms with E-state index < -0.39 is 79.7 Å². The smallest absolute Gasteiger partial charge is 0.217 e. The van der Waals surface area contributed by atoms with Crippen LogP contribution >= 0.6 is 0 Å². The minimum atomic E-state index is -1.45. The number of nitrogens with one attached hydrogen (secondary N) is 1. The Balaban J connectivity index is 1.65. The van der Waals surface area contributed by atoms with Gasteiger partial charge in [-0.1, -0.05) is 6.92 Å². The third-order valence-corrected chi connectivity index (χ3v) is 5.60. The molecule has 12 nitrogen and oxygen atoms in total. The van der Waals surface area contributed by atoms with Gasteiger partial charge in [-0.25, -0.2) is 0 Å². The fourth-order valence-corrected chi connectivity index (χ4v) is 4.16. The number of aliphatic hydroxyl groups excluding tert-OH is 4. The van der Waals surface area contributed by atoms with Gasteiger partial charge < -0.3 is 54.2 Å². The van der Waals surface area contributed by atoms with E-state index in [4.69, 9.17) is 28.4 Å². The number of rotatable bonds is 9. The van der Waals surface area contributed by atoms with Crippen LogP contribution in [0.1, 0.15) is 34.1 Å². The van der Waals surface area contributed by atoms with Gasteiger partial charge in [0.2, 0.25) is 5.91 Å². The highest BCUT2D eigenvalue weighted by atomic mass is 16.8. The van der Waals surface area contributed by atoms with Crippen LogP contribution in [-0.2, 0) is 33.2 Å². The molecule has 3 heterocycles. The molecule has 32 heavy (non-hydrogen) atoms. The highest BCUT2D eigenvalue weighted by Crippen LogP contribution is 2.39. The van der Waals surface area contributed by atoms with E-state index >= 15 is 0 Å². The maximum Gasteiger partial charge on any atom is 0.217 e. The molecule has 10 atom stereocenters. The van der Waals surface area contributed by atoms with Gasteiger partial charge in [0.15, 0.2) is 18.4 Å². The zero-order valence-electron chi connectivity index (χ0n) is 18.7. The molecule has 3 aliphatic heterocycles. The van der Waals surface area contributed by atoms with Crippen LogP contribution in [0, 0.1) is 0 Å². The first-order valence-corrected chi connectivity index (χ1v) is 10.9. The SMILES string of the molecule is CCCO[C@@H]1[C@H]2OC(C)(C)O[C@H]2O[C@@H]1C(O)CO[C@@H]1O[C@H](CO)[C@@H](O)[C@H](O)[C@H]1NC(C)=O. The van der Waals surface area contributed by atoms with Crippen LogP contribution in [0.2, 0.25) is 0 Å². The quantitative estimate of drug-likeness (QED) is 0.255. The van der Waals surface area contributed by atoms with Crippen molar-refractivity contribution in [1.82, 2.24) is 5.32 Å². The molecule has 0 bridgehead atoms. The summed E-state index contributed by atoms with van der Waals surface area (Å²) < 4.78 is 34.5. The predicted octanol–water partition coefficient (Wildman–Crippen LogP) is -2.02. The number of ether oxygens (including phenoxy) is 6. The molecule has 3 aliphatic rings. The highest BCUT2D eigenvalue weighted by Gasteiger charge is 2.57. The maximum atomic E-state index is 11.5. The highest BCUT2D eigenvalue weighted by molar-refractivity contribution is 5.73. The first-order valence-electron chi connectivity index (χ1n) is 10.9. The first kappa shape index (κ1) is 25.7. The molecule has 12 heteroatoms. The Kier molecular flexibility index (Phi) is 8.47. The third kappa shape index (κ3) is 5.58. The normalized spacial score (nSPS) is 41.9. The van der Waals surface area contributed by atoms with E-state index in [1.54, 1.807) is 13.8 Å². The maximum absolute atomic E-state index is 11.5. The Labute approximate surface area is 186 Å². The van der Waals surface area contributed by atoms with Crippen LogP contribution in [0.3, 0.4) is 0 Å². The molecule has 3 rings (SSSR count). The molecule has 0 aliphatic carbocycles. The Hall–Kier alpha value is -0.930. The van der Waals surface area contributed by atoms with Crippen molar-refractivity contribution in [3.8, 4) is 0 Å². The van der Waals surface area contributed by atoms with E-state index in [0.29, 0.717) is 6.61 Å². The predicted molar refractivity (Wildman–Crippen MR) is 106 cm³/mol. The lowest BCUT2D eigenvalue weighted by Gasteiger charge is -2.42. The summed E-state index contributed by atoms with van der Waals surface area (Å²) in [5.41, 5.74) is 0. The second kappa shape index (κ2) is 10.6. The number of hydrogen-bond donors (Lipinski definition) is 5. The average molecular weight is 465 g/mol. The molecule has 0 aromatic carbocycles. The van der Waals surface area contributed by atoms with E-state index in [-0.39, 0.29) is 6.61 Å². The minimum Gasteiger partial charge on any atom is -0.394 e. The number of amides is 1. The molecule has 0 saturated carbocycles. The molecule has 0 radical (unpaired) electrons. The van der Waals surface area contributed by atoms with Crippen molar-refractivity contribution in [3.63, 3.8) is 0 Å². The number of hydrogen-bond acceptors (Lipinski definition) is 11. The summed E-state index contributed by atoms with van der Waals surface area (Å²) in [6, 6.07) is -1.11. The molecule has 3 saturated heterocycles. The lowest BCUT2D eigenvalue weighted by molar-refractivity contribution is -0.280. The molecular weight excluding hydrogens is 430 g/mol. The minimum absolute atomic E-state index is 0.304. The number of aliphatic hydroxyl groups is 4. The monoisotopic (exact) mass is 465 g/mol. The Morgan fingerprint density at radius 1 is 1.16 bits per heavy atom. The van der Waals surface area contributed by atoms with Crippen LogP contribution < -0.4 is 5.32 Å². The van der Waals surface area contributed by atoms with Gasteiger partial charge in [-0.2, -0.15) is 0 Å². The molecule has 3 fully saturated rings. The summed E-state index contributed by atoms with van der Waals surface area (Å²) in [6.45, 7) is 6.29. The van der Waals surface area contributed by atoms with Crippen LogP contribution in [0.15, 0.2) is 0 Å². The largest absolute Gasteiger partial charge is 0.394 e. The van der Waals surface area contributed by atoms with Gasteiger partial charge in [0, 0.05) is 13.5 Å². The molecule has 0 aromatic heterocycles. The zero-order chi connectivity index (χ0) is 23.6. The van der Waals surface area contributed by atoms with Gasteiger partial charge in [0.25, 0.3) is 0 Å². The van der Waals surface area contributed by atoms with Crippen molar-refractivity contribution >= 4 is 5.91 Å². The van der Waals surface area contributed by atoms with Gasteiger partial charge in [-0.05, 0) is 20.3 Å². The van der Waals surface area contributed by atoms with Crippen molar-refractivity contribution in [2.75, 3.05) is 19.8 Å². The molecule has 0 aromatic rings. The molecular formula is C20H35NO11. The van der Waals surface area contributed by atoms with Crippen LogP contribution in [0.4, 0.5) is 0 Å². The average Bonchev–Trinajstić information content (AvgIpc) is 3.20. The molecule has 0 spiro atoms. The van der Waals surface area contributed by atoms with E-state index in [2.05, 4.69) is 5.32 Å². The van der Waals surface area contributed by atoms with Crippen molar-refractivity contribution in [1.29, 1.82) is 0 Å². The summed E-state index contributed by atoms with van der Waals surface area (Å²) in [5.74, 6) is -1.31. The lowest BCUT2D eigenvalue weighted by atomic mass is 9.97. The summed E-state index contributed by atoms with van der Waals surface area (Å²) in [6.07, 6.45) is -8.30. The van der Waals surface area contributed by atoms with Crippen molar-refractivity contribution in [2.24, 2.45) is 0 Å². The van der Waals surface area contributed by atoms with Gasteiger partial charge in [0.1, 0.15) is 48.8 Å².